The lowest BCUT2D eigenvalue weighted by Crippen LogP contribution is -2.48. The number of fused-ring (bicyclic) bond motifs is 1. The minimum Gasteiger partial charge on any atom is -0.266 e. The molecule has 2 aromatic carbocycles. The van der Waals surface area contributed by atoms with Crippen LogP contribution in [0.3, 0.4) is 0 Å². The zero-order chi connectivity index (χ0) is 25.2. The monoisotopic (exact) mass is 499 g/mol. The number of nitrogens with zero attached hydrogens (tertiary/aromatic N) is 2. The molecule has 4 fully saturated rings. The summed E-state index contributed by atoms with van der Waals surface area (Å²) in [5, 5.41) is 4.45. The normalized spacial score (nSPS) is 26.8. The van der Waals surface area contributed by atoms with Gasteiger partial charge in [-0.3, -0.25) is 4.79 Å². The first kappa shape index (κ1) is 23.1. The van der Waals surface area contributed by atoms with Crippen LogP contribution in [0.25, 0.3) is 10.9 Å². The molecule has 0 aliphatic heterocycles. The van der Waals surface area contributed by atoms with Crippen molar-refractivity contribution < 1.29 is 26.7 Å². The number of halogens is 5. The lowest BCUT2D eigenvalue weighted by molar-refractivity contribution is -0.00454. The van der Waals surface area contributed by atoms with E-state index in [4.69, 9.17) is 0 Å². The molecule has 1 heterocycles. The van der Waals surface area contributed by atoms with Crippen LogP contribution in [-0.2, 0) is 5.41 Å². The van der Waals surface area contributed by atoms with Crippen LogP contribution in [0.1, 0.15) is 60.1 Å². The second kappa shape index (κ2) is 8.35. The van der Waals surface area contributed by atoms with E-state index in [0.717, 1.165) is 30.2 Å². The Morgan fingerprint density at radius 2 is 1.44 bits per heavy atom. The van der Waals surface area contributed by atoms with Gasteiger partial charge in [0.2, 0.25) is 5.82 Å². The fraction of sp³-hybridized carbons (Fsp3) is 0.370. The minimum absolute atomic E-state index is 0.0228. The maximum absolute atomic E-state index is 13.9. The third kappa shape index (κ3) is 3.59. The Balaban J connectivity index is 1.34. The van der Waals surface area contributed by atoms with E-state index in [1.807, 2.05) is 24.3 Å². The molecule has 1 N–H and O–H groups in total. The van der Waals surface area contributed by atoms with E-state index < -0.39 is 40.6 Å². The summed E-state index contributed by atoms with van der Waals surface area (Å²) in [7, 11) is 0. The molecule has 0 unspecified atom stereocenters. The number of rotatable bonds is 4. The van der Waals surface area contributed by atoms with Gasteiger partial charge in [0, 0.05) is 5.39 Å². The highest BCUT2D eigenvalue weighted by Gasteiger charge is 2.52. The molecule has 1 amide bonds. The van der Waals surface area contributed by atoms with Crippen LogP contribution in [0.5, 0.6) is 0 Å². The SMILES string of the molecule is O=C(N/N=C/c1c(F)c(F)c(F)c(F)c1F)c1cc(C23CC4CC(CC(C4)C2)C3)c2ccccc2n1. The number of hydrogen-bond donors (Lipinski definition) is 1. The number of carbonyl (C=O) groups excluding carboxylic acids is 1. The summed E-state index contributed by atoms with van der Waals surface area (Å²) in [5.41, 5.74) is 2.67. The van der Waals surface area contributed by atoms with Crippen molar-refractivity contribution in [2.45, 2.75) is 43.9 Å². The van der Waals surface area contributed by atoms with Crippen LogP contribution in [0.15, 0.2) is 35.4 Å². The molecule has 0 radical (unpaired) electrons. The van der Waals surface area contributed by atoms with E-state index in [1.54, 1.807) is 6.07 Å². The van der Waals surface area contributed by atoms with Crippen molar-refractivity contribution in [2.75, 3.05) is 0 Å². The molecule has 0 spiro atoms. The van der Waals surface area contributed by atoms with Crippen molar-refractivity contribution in [3.63, 3.8) is 0 Å². The minimum atomic E-state index is -2.26. The van der Waals surface area contributed by atoms with Gasteiger partial charge in [-0.15, -0.1) is 0 Å². The van der Waals surface area contributed by atoms with Crippen LogP contribution in [0, 0.1) is 46.8 Å². The molecule has 9 heteroatoms. The molecule has 0 atom stereocenters. The Kier molecular flexibility index (Phi) is 5.35. The van der Waals surface area contributed by atoms with Crippen molar-refractivity contribution in [1.82, 2.24) is 10.4 Å². The molecule has 4 nitrogen and oxygen atoms in total. The maximum Gasteiger partial charge on any atom is 0.289 e. The van der Waals surface area contributed by atoms with Crippen LogP contribution in [0.2, 0.25) is 0 Å². The Bertz CT molecular complexity index is 1370. The number of hydrogen-bond acceptors (Lipinski definition) is 3. The Morgan fingerprint density at radius 3 is 2.06 bits per heavy atom. The number of nitrogens with one attached hydrogen (secondary N) is 1. The number of para-hydroxylation sites is 1. The number of aromatic nitrogens is 1. The van der Waals surface area contributed by atoms with Crippen molar-refractivity contribution >= 4 is 23.0 Å². The van der Waals surface area contributed by atoms with Gasteiger partial charge in [-0.05, 0) is 79.4 Å². The molecule has 4 aliphatic carbocycles. The van der Waals surface area contributed by atoms with E-state index in [9.17, 15) is 26.7 Å². The fourth-order valence-corrected chi connectivity index (χ4v) is 7.12. The van der Waals surface area contributed by atoms with Gasteiger partial charge in [0.25, 0.3) is 5.91 Å². The van der Waals surface area contributed by atoms with Gasteiger partial charge >= 0.3 is 0 Å². The molecule has 0 saturated heterocycles. The maximum atomic E-state index is 13.9. The molecule has 186 valence electrons. The first-order valence-corrected chi connectivity index (χ1v) is 12.0. The van der Waals surface area contributed by atoms with Crippen molar-refractivity contribution in [3.05, 3.63) is 76.2 Å². The summed E-state index contributed by atoms with van der Waals surface area (Å²) in [6.07, 6.45) is 7.42. The fourth-order valence-electron chi connectivity index (χ4n) is 7.12. The molecular formula is C27H22F5N3O. The van der Waals surface area contributed by atoms with Gasteiger partial charge in [-0.1, -0.05) is 18.2 Å². The molecule has 1 aromatic heterocycles. The first-order chi connectivity index (χ1) is 17.3. The van der Waals surface area contributed by atoms with Gasteiger partial charge in [0.1, 0.15) is 5.69 Å². The summed E-state index contributed by atoms with van der Waals surface area (Å²) in [6.45, 7) is 0. The zero-order valence-corrected chi connectivity index (χ0v) is 19.1. The predicted molar refractivity (Wildman–Crippen MR) is 123 cm³/mol. The van der Waals surface area contributed by atoms with Crippen molar-refractivity contribution in [1.29, 1.82) is 0 Å². The highest BCUT2D eigenvalue weighted by Crippen LogP contribution is 2.61. The number of benzene rings is 2. The Hall–Kier alpha value is -3.36. The second-order valence-electron chi connectivity index (χ2n) is 10.5. The van der Waals surface area contributed by atoms with Gasteiger partial charge in [0.15, 0.2) is 23.3 Å². The molecule has 7 rings (SSSR count). The van der Waals surface area contributed by atoms with E-state index in [2.05, 4.69) is 15.5 Å². The quantitative estimate of drug-likeness (QED) is 0.154. The standard InChI is InChI=1S/C27H22F5N3O/c28-21-17(22(29)24(31)25(32)23(21)30)12-33-35-26(36)20-8-18(16-3-1-2-4-19(16)34-20)27-9-13-5-14(10-27)7-15(6-13)11-27/h1-4,8,12-15H,5-7,9-11H2,(H,35,36)/b33-12+. The van der Waals surface area contributed by atoms with Gasteiger partial charge in [0.05, 0.1) is 17.3 Å². The highest BCUT2D eigenvalue weighted by molar-refractivity contribution is 5.97. The predicted octanol–water partition coefficient (Wildman–Crippen LogP) is 6.16. The number of amides is 1. The second-order valence-corrected chi connectivity index (χ2v) is 10.5. The highest BCUT2D eigenvalue weighted by atomic mass is 19.2. The van der Waals surface area contributed by atoms with Crippen LogP contribution < -0.4 is 5.43 Å². The van der Waals surface area contributed by atoms with Crippen molar-refractivity contribution in [2.24, 2.45) is 22.9 Å². The lowest BCUT2D eigenvalue weighted by Gasteiger charge is -2.57. The molecule has 3 aromatic rings. The third-order valence-corrected chi connectivity index (χ3v) is 8.16. The Labute approximate surface area is 203 Å². The number of carbonyl (C=O) groups is 1. The van der Waals surface area contributed by atoms with Crippen molar-refractivity contribution in [3.8, 4) is 0 Å². The van der Waals surface area contributed by atoms with Gasteiger partial charge in [-0.25, -0.2) is 32.4 Å². The number of pyridine rings is 1. The number of hydrazone groups is 1. The summed E-state index contributed by atoms with van der Waals surface area (Å²) in [6, 6.07) is 9.40. The summed E-state index contributed by atoms with van der Waals surface area (Å²) < 4.78 is 67.9. The zero-order valence-electron chi connectivity index (χ0n) is 19.1. The smallest absolute Gasteiger partial charge is 0.266 e. The molecule has 36 heavy (non-hydrogen) atoms. The van der Waals surface area contributed by atoms with Crippen LogP contribution in [0.4, 0.5) is 22.0 Å². The first-order valence-electron chi connectivity index (χ1n) is 12.0. The summed E-state index contributed by atoms with van der Waals surface area (Å²) >= 11 is 0. The van der Waals surface area contributed by atoms with E-state index >= 15 is 0 Å². The molecule has 4 bridgehead atoms. The average Bonchev–Trinajstić information content (AvgIpc) is 2.86. The molecule has 4 aliphatic rings. The third-order valence-electron chi connectivity index (χ3n) is 8.16. The van der Waals surface area contributed by atoms with E-state index in [0.29, 0.717) is 29.5 Å². The van der Waals surface area contributed by atoms with Crippen LogP contribution >= 0.6 is 0 Å². The molecule has 4 saturated carbocycles. The molecular weight excluding hydrogens is 477 g/mol. The largest absolute Gasteiger partial charge is 0.289 e. The van der Waals surface area contributed by atoms with Gasteiger partial charge < -0.3 is 0 Å². The summed E-state index contributed by atoms with van der Waals surface area (Å²) in [4.78, 5) is 17.4. The van der Waals surface area contributed by atoms with E-state index in [-0.39, 0.29) is 11.1 Å². The van der Waals surface area contributed by atoms with Gasteiger partial charge in [-0.2, -0.15) is 5.10 Å². The summed E-state index contributed by atoms with van der Waals surface area (Å²) in [5.74, 6) is -9.18. The van der Waals surface area contributed by atoms with E-state index in [1.165, 1.54) is 19.3 Å². The Morgan fingerprint density at radius 1 is 0.889 bits per heavy atom. The topological polar surface area (TPSA) is 54.4 Å². The average molecular weight is 499 g/mol. The van der Waals surface area contributed by atoms with Crippen LogP contribution in [-0.4, -0.2) is 17.1 Å². The lowest BCUT2D eigenvalue weighted by atomic mass is 9.48.